The Labute approximate surface area is 112 Å². The lowest BCUT2D eigenvalue weighted by Gasteiger charge is -2.18. The summed E-state index contributed by atoms with van der Waals surface area (Å²) in [4.78, 5) is 11.7. The third-order valence-corrected chi connectivity index (χ3v) is 3.00. The first kappa shape index (κ1) is 14.8. The van der Waals surface area contributed by atoms with Gasteiger partial charge in [-0.1, -0.05) is 29.8 Å². The number of halogens is 1. The molecule has 3 N–H and O–H groups in total. The Kier molecular flexibility index (Phi) is 5.95. The molecule has 2 amide bonds. The SMILES string of the molecule is CC(NC(=O)N[C@H](C)CCO)c1ccccc1Cl. The van der Waals surface area contributed by atoms with E-state index in [4.69, 9.17) is 16.7 Å². The van der Waals surface area contributed by atoms with Crippen LogP contribution in [0.5, 0.6) is 0 Å². The van der Waals surface area contributed by atoms with Gasteiger partial charge in [-0.15, -0.1) is 0 Å². The molecule has 0 fully saturated rings. The van der Waals surface area contributed by atoms with Crippen molar-refractivity contribution in [1.82, 2.24) is 10.6 Å². The molecule has 0 heterocycles. The summed E-state index contributed by atoms with van der Waals surface area (Å²) in [6.45, 7) is 3.77. The van der Waals surface area contributed by atoms with E-state index in [0.29, 0.717) is 11.4 Å². The highest BCUT2D eigenvalue weighted by Gasteiger charge is 2.13. The lowest BCUT2D eigenvalue weighted by Crippen LogP contribution is -2.42. The third kappa shape index (κ3) is 4.55. The predicted molar refractivity (Wildman–Crippen MR) is 72.7 cm³/mol. The van der Waals surface area contributed by atoms with Gasteiger partial charge in [0.15, 0.2) is 0 Å². The van der Waals surface area contributed by atoms with Crippen LogP contribution in [0.25, 0.3) is 0 Å². The molecule has 0 aliphatic heterocycles. The lowest BCUT2D eigenvalue weighted by atomic mass is 10.1. The van der Waals surface area contributed by atoms with Crippen LogP contribution in [0.15, 0.2) is 24.3 Å². The zero-order valence-corrected chi connectivity index (χ0v) is 11.4. The molecule has 0 saturated heterocycles. The average Bonchev–Trinajstić information content (AvgIpc) is 2.29. The fourth-order valence-electron chi connectivity index (χ4n) is 1.63. The number of hydrogen-bond acceptors (Lipinski definition) is 2. The summed E-state index contributed by atoms with van der Waals surface area (Å²) in [5.74, 6) is 0. The van der Waals surface area contributed by atoms with Crippen molar-refractivity contribution in [3.8, 4) is 0 Å². The maximum atomic E-state index is 11.7. The normalized spacial score (nSPS) is 13.8. The number of aliphatic hydroxyl groups is 1. The van der Waals surface area contributed by atoms with Crippen molar-refractivity contribution in [2.75, 3.05) is 6.61 Å². The second kappa shape index (κ2) is 7.24. The Morgan fingerprint density at radius 1 is 1.33 bits per heavy atom. The standard InChI is InChI=1S/C13H19ClN2O2/c1-9(7-8-17)15-13(18)16-10(2)11-5-3-4-6-12(11)14/h3-6,9-10,17H,7-8H2,1-2H3,(H2,15,16,18)/t9-,10?/m1/s1. The van der Waals surface area contributed by atoms with Gasteiger partial charge in [-0.05, 0) is 31.9 Å². The Bertz CT molecular complexity index is 398. The number of rotatable bonds is 5. The molecule has 0 aliphatic carbocycles. The van der Waals surface area contributed by atoms with E-state index in [9.17, 15) is 4.79 Å². The van der Waals surface area contributed by atoms with Crippen LogP contribution in [0.3, 0.4) is 0 Å². The summed E-state index contributed by atoms with van der Waals surface area (Å²) in [6, 6.07) is 6.91. The molecule has 1 unspecified atom stereocenters. The molecule has 0 spiro atoms. The van der Waals surface area contributed by atoms with Gasteiger partial charge in [0.05, 0.1) is 6.04 Å². The highest BCUT2D eigenvalue weighted by molar-refractivity contribution is 6.31. The predicted octanol–water partition coefficient (Wildman–Crippen LogP) is 2.47. The second-order valence-corrected chi connectivity index (χ2v) is 4.68. The summed E-state index contributed by atoms with van der Waals surface area (Å²) in [5, 5.41) is 14.9. The molecule has 0 aromatic heterocycles. The molecular formula is C13H19ClN2O2. The van der Waals surface area contributed by atoms with Crippen molar-refractivity contribution in [2.45, 2.75) is 32.4 Å². The number of benzene rings is 1. The van der Waals surface area contributed by atoms with Gasteiger partial charge in [-0.3, -0.25) is 0 Å². The van der Waals surface area contributed by atoms with E-state index in [0.717, 1.165) is 5.56 Å². The fourth-order valence-corrected chi connectivity index (χ4v) is 1.93. The number of urea groups is 1. The van der Waals surface area contributed by atoms with Crippen LogP contribution in [-0.2, 0) is 0 Å². The zero-order valence-electron chi connectivity index (χ0n) is 10.6. The van der Waals surface area contributed by atoms with Crippen LogP contribution >= 0.6 is 11.6 Å². The molecule has 4 nitrogen and oxygen atoms in total. The van der Waals surface area contributed by atoms with E-state index in [1.165, 1.54) is 0 Å². The van der Waals surface area contributed by atoms with Gasteiger partial charge in [0.1, 0.15) is 0 Å². The number of carbonyl (C=O) groups is 1. The van der Waals surface area contributed by atoms with Crippen LogP contribution in [0.2, 0.25) is 5.02 Å². The molecular weight excluding hydrogens is 252 g/mol. The molecule has 5 heteroatoms. The van der Waals surface area contributed by atoms with Gasteiger partial charge in [-0.25, -0.2) is 4.79 Å². The highest BCUT2D eigenvalue weighted by atomic mass is 35.5. The maximum Gasteiger partial charge on any atom is 0.315 e. The van der Waals surface area contributed by atoms with Gasteiger partial charge in [0.25, 0.3) is 0 Å². The number of nitrogens with one attached hydrogen (secondary N) is 2. The van der Waals surface area contributed by atoms with E-state index in [1.54, 1.807) is 6.07 Å². The third-order valence-electron chi connectivity index (χ3n) is 2.66. The topological polar surface area (TPSA) is 61.4 Å². The van der Waals surface area contributed by atoms with E-state index < -0.39 is 0 Å². The molecule has 1 aromatic carbocycles. The fraction of sp³-hybridized carbons (Fsp3) is 0.462. The largest absolute Gasteiger partial charge is 0.396 e. The quantitative estimate of drug-likeness (QED) is 0.770. The molecule has 0 bridgehead atoms. The Morgan fingerprint density at radius 3 is 2.61 bits per heavy atom. The summed E-state index contributed by atoms with van der Waals surface area (Å²) < 4.78 is 0. The van der Waals surface area contributed by atoms with Gasteiger partial charge in [-0.2, -0.15) is 0 Å². The Morgan fingerprint density at radius 2 is 2.00 bits per heavy atom. The molecule has 0 radical (unpaired) electrons. The van der Waals surface area contributed by atoms with Crippen molar-refractivity contribution >= 4 is 17.6 Å². The van der Waals surface area contributed by atoms with Crippen molar-refractivity contribution in [3.63, 3.8) is 0 Å². The van der Waals surface area contributed by atoms with E-state index in [-0.39, 0.29) is 24.7 Å². The Hall–Kier alpha value is -1.26. The highest BCUT2D eigenvalue weighted by Crippen LogP contribution is 2.21. The number of amides is 2. The molecule has 0 aliphatic rings. The average molecular weight is 271 g/mol. The molecule has 2 atom stereocenters. The first-order chi connectivity index (χ1) is 8.54. The summed E-state index contributed by atoms with van der Waals surface area (Å²) in [7, 11) is 0. The number of carbonyl (C=O) groups excluding carboxylic acids is 1. The Balaban J connectivity index is 2.52. The molecule has 18 heavy (non-hydrogen) atoms. The molecule has 1 aromatic rings. The molecule has 1 rings (SSSR count). The lowest BCUT2D eigenvalue weighted by molar-refractivity contribution is 0.228. The van der Waals surface area contributed by atoms with Crippen molar-refractivity contribution in [1.29, 1.82) is 0 Å². The van der Waals surface area contributed by atoms with Crippen molar-refractivity contribution in [3.05, 3.63) is 34.9 Å². The van der Waals surface area contributed by atoms with Gasteiger partial charge < -0.3 is 15.7 Å². The van der Waals surface area contributed by atoms with E-state index in [2.05, 4.69) is 10.6 Å². The van der Waals surface area contributed by atoms with E-state index >= 15 is 0 Å². The first-order valence-corrected chi connectivity index (χ1v) is 6.34. The minimum absolute atomic E-state index is 0.0571. The van der Waals surface area contributed by atoms with Crippen molar-refractivity contribution in [2.24, 2.45) is 0 Å². The van der Waals surface area contributed by atoms with Crippen LogP contribution in [0.4, 0.5) is 4.79 Å². The molecule has 100 valence electrons. The number of aliphatic hydroxyl groups excluding tert-OH is 1. The summed E-state index contributed by atoms with van der Waals surface area (Å²) in [5.41, 5.74) is 0.879. The van der Waals surface area contributed by atoms with E-state index in [1.807, 2.05) is 32.0 Å². The van der Waals surface area contributed by atoms with Crippen molar-refractivity contribution < 1.29 is 9.90 Å². The minimum atomic E-state index is -0.261. The maximum absolute atomic E-state index is 11.7. The zero-order chi connectivity index (χ0) is 13.5. The van der Waals surface area contributed by atoms with Crippen LogP contribution in [0, 0.1) is 0 Å². The van der Waals surface area contributed by atoms with Crippen LogP contribution < -0.4 is 10.6 Å². The number of hydrogen-bond donors (Lipinski definition) is 3. The first-order valence-electron chi connectivity index (χ1n) is 5.97. The van der Waals surface area contributed by atoms with Gasteiger partial charge in [0.2, 0.25) is 0 Å². The summed E-state index contributed by atoms with van der Waals surface area (Å²) in [6.07, 6.45) is 0.536. The summed E-state index contributed by atoms with van der Waals surface area (Å²) >= 11 is 6.05. The van der Waals surface area contributed by atoms with Crippen LogP contribution in [0.1, 0.15) is 31.9 Å². The van der Waals surface area contributed by atoms with Gasteiger partial charge >= 0.3 is 6.03 Å². The smallest absolute Gasteiger partial charge is 0.315 e. The second-order valence-electron chi connectivity index (χ2n) is 4.27. The molecule has 0 saturated carbocycles. The minimum Gasteiger partial charge on any atom is -0.396 e. The van der Waals surface area contributed by atoms with Crippen LogP contribution in [-0.4, -0.2) is 23.8 Å². The monoisotopic (exact) mass is 270 g/mol. The van der Waals surface area contributed by atoms with Gasteiger partial charge in [0, 0.05) is 17.7 Å².